The van der Waals surface area contributed by atoms with Gasteiger partial charge in [-0.3, -0.25) is 9.69 Å². The monoisotopic (exact) mass is 584 g/mol. The number of aromatic hydroxyl groups is 1. The molecule has 4 aromatic carbocycles. The lowest BCUT2D eigenvalue weighted by Gasteiger charge is -2.38. The van der Waals surface area contributed by atoms with Crippen LogP contribution in [0.2, 0.25) is 5.02 Å². The highest BCUT2D eigenvalue weighted by Gasteiger charge is 2.43. The van der Waals surface area contributed by atoms with Gasteiger partial charge in [-0.15, -0.1) is 0 Å². The summed E-state index contributed by atoms with van der Waals surface area (Å²) in [6, 6.07) is 25.0. The molecule has 1 unspecified atom stereocenters. The predicted octanol–water partition coefficient (Wildman–Crippen LogP) is 8.24. The number of phenols is 1. The Hall–Kier alpha value is -4.49. The van der Waals surface area contributed by atoms with E-state index in [0.717, 1.165) is 5.56 Å². The molecule has 0 aromatic heterocycles. The van der Waals surface area contributed by atoms with Crippen molar-refractivity contribution in [2.75, 3.05) is 16.8 Å². The predicted molar refractivity (Wildman–Crippen MR) is 161 cm³/mol. The summed E-state index contributed by atoms with van der Waals surface area (Å²) in [4.78, 5) is 15.8. The summed E-state index contributed by atoms with van der Waals surface area (Å²) in [5.41, 5.74) is 2.66. The van der Waals surface area contributed by atoms with Gasteiger partial charge in [-0.25, -0.2) is 4.39 Å². The summed E-state index contributed by atoms with van der Waals surface area (Å²) in [7, 11) is 0. The van der Waals surface area contributed by atoms with E-state index in [0.29, 0.717) is 58.8 Å². The Morgan fingerprint density at radius 3 is 2.60 bits per heavy atom. The minimum absolute atomic E-state index is 0.0505. The highest BCUT2D eigenvalue weighted by molar-refractivity contribution is 6.31. The molecule has 4 aromatic rings. The fourth-order valence-electron chi connectivity index (χ4n) is 5.42. The van der Waals surface area contributed by atoms with E-state index in [4.69, 9.17) is 21.1 Å². The van der Waals surface area contributed by atoms with Crippen LogP contribution in [0.3, 0.4) is 0 Å². The molecule has 2 aliphatic rings. The Morgan fingerprint density at radius 2 is 1.83 bits per heavy atom. The molecule has 42 heavy (non-hydrogen) atoms. The molecule has 0 bridgehead atoms. The van der Waals surface area contributed by atoms with Crippen LogP contribution in [0, 0.1) is 11.2 Å². The standard InChI is InChI=1S/C34H30ClFN2O4/c1-34(2)18-27-32(42-20-34)31(23-16-15-22(17-25(23)35)41-19-21-9-4-3-5-10-21)38(28-13-8-14-29(39)30(28)37-27)33(40)24-11-6-7-12-26(24)36/h3-17,31,37,39H,18-20H2,1-2H3. The largest absolute Gasteiger partial charge is 0.506 e. The molecule has 0 saturated heterocycles. The van der Waals surface area contributed by atoms with Crippen LogP contribution in [0.15, 0.2) is 102 Å². The fourth-order valence-corrected chi connectivity index (χ4v) is 5.70. The van der Waals surface area contributed by atoms with Crippen molar-refractivity contribution in [1.29, 1.82) is 0 Å². The number of carbonyl (C=O) groups is 1. The number of amides is 1. The molecule has 1 atom stereocenters. The summed E-state index contributed by atoms with van der Waals surface area (Å²) in [6.07, 6.45) is 0.588. The highest BCUT2D eigenvalue weighted by Crippen LogP contribution is 2.50. The smallest absolute Gasteiger partial charge is 0.262 e. The Kier molecular flexibility index (Phi) is 7.29. The van der Waals surface area contributed by atoms with E-state index < -0.39 is 17.8 Å². The number of halogens is 2. The lowest BCUT2D eigenvalue weighted by Crippen LogP contribution is -2.39. The first-order valence-electron chi connectivity index (χ1n) is 13.7. The second-order valence-electron chi connectivity index (χ2n) is 11.3. The number of allylic oxidation sites excluding steroid dienone is 1. The maximum Gasteiger partial charge on any atom is 0.262 e. The van der Waals surface area contributed by atoms with Crippen LogP contribution >= 0.6 is 11.6 Å². The van der Waals surface area contributed by atoms with Crippen LogP contribution in [0.4, 0.5) is 15.8 Å². The van der Waals surface area contributed by atoms with Crippen LogP contribution in [-0.4, -0.2) is 17.6 Å². The van der Waals surface area contributed by atoms with Gasteiger partial charge in [0.15, 0.2) is 0 Å². The molecule has 6 nitrogen and oxygen atoms in total. The van der Waals surface area contributed by atoms with Gasteiger partial charge in [-0.05, 0) is 48.4 Å². The molecule has 0 fully saturated rings. The zero-order valence-electron chi connectivity index (χ0n) is 23.2. The molecular weight excluding hydrogens is 555 g/mol. The van der Waals surface area contributed by atoms with Crippen molar-refractivity contribution in [2.45, 2.75) is 32.9 Å². The Labute approximate surface area is 249 Å². The van der Waals surface area contributed by atoms with Crippen molar-refractivity contribution >= 4 is 28.9 Å². The third kappa shape index (κ3) is 5.28. The summed E-state index contributed by atoms with van der Waals surface area (Å²) >= 11 is 6.95. The molecule has 2 N–H and O–H groups in total. The van der Waals surface area contributed by atoms with E-state index in [1.807, 2.05) is 30.3 Å². The zero-order chi connectivity index (χ0) is 29.4. The molecule has 0 spiro atoms. The molecular formula is C34H30ClFN2O4. The topological polar surface area (TPSA) is 71.0 Å². The van der Waals surface area contributed by atoms with Gasteiger partial charge in [0.05, 0.1) is 23.6 Å². The SMILES string of the molecule is CC1(C)COC2=C(C1)Nc1c(O)cccc1N(C(=O)c1ccccc1F)C2c1ccc(OCc2ccccc2)cc1Cl. The van der Waals surface area contributed by atoms with E-state index in [1.54, 1.807) is 42.5 Å². The summed E-state index contributed by atoms with van der Waals surface area (Å²) in [5, 5.41) is 14.6. The summed E-state index contributed by atoms with van der Waals surface area (Å²) in [5.74, 6) is -0.269. The highest BCUT2D eigenvalue weighted by atomic mass is 35.5. The van der Waals surface area contributed by atoms with Crippen molar-refractivity contribution in [2.24, 2.45) is 5.41 Å². The summed E-state index contributed by atoms with van der Waals surface area (Å²) in [6.45, 7) is 4.92. The lowest BCUT2D eigenvalue weighted by molar-refractivity contribution is 0.0759. The van der Waals surface area contributed by atoms with Gasteiger partial charge in [0.2, 0.25) is 0 Å². The van der Waals surface area contributed by atoms with Crippen LogP contribution in [0.5, 0.6) is 11.5 Å². The Morgan fingerprint density at radius 1 is 1.07 bits per heavy atom. The van der Waals surface area contributed by atoms with Gasteiger partial charge in [0, 0.05) is 16.0 Å². The number of ether oxygens (including phenoxy) is 2. The third-order valence-electron chi connectivity index (χ3n) is 7.47. The van der Waals surface area contributed by atoms with Crippen molar-refractivity contribution < 1.29 is 23.8 Å². The number of fused-ring (bicyclic) bond motifs is 1. The lowest BCUT2D eigenvalue weighted by atomic mass is 9.85. The second kappa shape index (κ2) is 11.1. The molecule has 1 amide bonds. The number of benzene rings is 4. The number of rotatable bonds is 5. The molecule has 2 heterocycles. The second-order valence-corrected chi connectivity index (χ2v) is 11.7. The molecule has 2 aliphatic heterocycles. The van der Waals surface area contributed by atoms with E-state index >= 15 is 4.39 Å². The van der Waals surface area contributed by atoms with Gasteiger partial charge in [0.25, 0.3) is 5.91 Å². The van der Waals surface area contributed by atoms with Gasteiger partial charge in [0.1, 0.15) is 41.4 Å². The molecule has 8 heteroatoms. The molecule has 0 radical (unpaired) electrons. The van der Waals surface area contributed by atoms with E-state index in [9.17, 15) is 9.90 Å². The first-order chi connectivity index (χ1) is 20.2. The van der Waals surface area contributed by atoms with E-state index in [1.165, 1.54) is 23.1 Å². The molecule has 214 valence electrons. The van der Waals surface area contributed by atoms with Crippen LogP contribution in [0.1, 0.15) is 47.8 Å². The van der Waals surface area contributed by atoms with Gasteiger partial charge in [-0.2, -0.15) is 0 Å². The van der Waals surface area contributed by atoms with Crippen molar-refractivity contribution in [3.05, 3.63) is 130 Å². The van der Waals surface area contributed by atoms with Crippen LogP contribution in [0.25, 0.3) is 0 Å². The number of nitrogens with zero attached hydrogens (tertiary/aromatic N) is 1. The number of anilines is 2. The number of hydrogen-bond acceptors (Lipinski definition) is 5. The van der Waals surface area contributed by atoms with Gasteiger partial charge >= 0.3 is 0 Å². The quantitative estimate of drug-likeness (QED) is 0.231. The van der Waals surface area contributed by atoms with Crippen molar-refractivity contribution in [3.8, 4) is 11.5 Å². The first kappa shape index (κ1) is 27.7. The number of nitrogens with one attached hydrogen (secondary N) is 1. The maximum atomic E-state index is 15.1. The van der Waals surface area contributed by atoms with E-state index in [-0.39, 0.29) is 16.7 Å². The van der Waals surface area contributed by atoms with Crippen molar-refractivity contribution in [1.82, 2.24) is 0 Å². The Balaban J connectivity index is 1.51. The van der Waals surface area contributed by atoms with Crippen LogP contribution in [-0.2, 0) is 11.3 Å². The zero-order valence-corrected chi connectivity index (χ0v) is 24.0. The normalized spacial score (nSPS) is 17.3. The minimum atomic E-state index is -0.866. The average Bonchev–Trinajstić information content (AvgIpc) is 3.11. The molecule has 0 saturated carbocycles. The molecule has 0 aliphatic carbocycles. The third-order valence-corrected chi connectivity index (χ3v) is 7.80. The molecule has 6 rings (SSSR count). The Bertz CT molecular complexity index is 1690. The van der Waals surface area contributed by atoms with Gasteiger partial charge < -0.3 is 19.9 Å². The fraction of sp³-hybridized carbons (Fsp3) is 0.206. The van der Waals surface area contributed by atoms with E-state index in [2.05, 4.69) is 19.2 Å². The minimum Gasteiger partial charge on any atom is -0.506 e. The van der Waals surface area contributed by atoms with Gasteiger partial charge in [-0.1, -0.05) is 80.0 Å². The average molecular weight is 585 g/mol. The first-order valence-corrected chi connectivity index (χ1v) is 14.1. The van der Waals surface area contributed by atoms with Crippen LogP contribution < -0.4 is 15.0 Å². The number of phenolic OH excluding ortho intramolecular Hbond substituents is 1. The number of carbonyl (C=O) groups excluding carboxylic acids is 1. The van der Waals surface area contributed by atoms with Crippen molar-refractivity contribution in [3.63, 3.8) is 0 Å². The maximum absolute atomic E-state index is 15.1. The number of hydrogen-bond donors (Lipinski definition) is 2. The summed E-state index contributed by atoms with van der Waals surface area (Å²) < 4.78 is 27.5. The number of para-hydroxylation sites is 1.